The van der Waals surface area contributed by atoms with Gasteiger partial charge in [0.1, 0.15) is 17.3 Å². The Morgan fingerprint density at radius 2 is 1.57 bits per heavy atom. The van der Waals surface area contributed by atoms with Crippen molar-refractivity contribution in [2.24, 2.45) is 0 Å². The molecule has 5 nitrogen and oxygen atoms in total. The number of anilines is 1. The number of ketones is 1. The molecule has 0 aliphatic carbocycles. The first-order chi connectivity index (χ1) is 14.6. The van der Waals surface area contributed by atoms with Crippen LogP contribution in [0.5, 0.6) is 5.75 Å². The molecule has 0 radical (unpaired) electrons. The van der Waals surface area contributed by atoms with Gasteiger partial charge in [-0.05, 0) is 48.5 Å². The molecule has 1 heterocycles. The maximum atomic E-state index is 13.3. The lowest BCUT2D eigenvalue weighted by Crippen LogP contribution is -2.15. The molecule has 0 amide bonds. The van der Waals surface area contributed by atoms with Crippen molar-refractivity contribution in [1.29, 1.82) is 0 Å². The second-order valence-electron chi connectivity index (χ2n) is 6.65. The highest BCUT2D eigenvalue weighted by Crippen LogP contribution is 2.29. The van der Waals surface area contributed by atoms with Gasteiger partial charge in [0.05, 0.1) is 18.4 Å². The number of hydrogen-bond donors (Lipinski definition) is 2. The SMILES string of the molecule is O=C(CNc1ncc(-c2ccc(F)cc2)nc1-c1ccc(O)cc1)c1ccccc1. The monoisotopic (exact) mass is 399 g/mol. The van der Waals surface area contributed by atoms with Crippen molar-refractivity contribution in [3.05, 3.63) is 96.4 Å². The standard InChI is InChI=1S/C24H18FN3O2/c25-19-10-6-16(7-11-19)21-14-26-24(23(28-21)18-8-12-20(29)13-9-18)27-15-22(30)17-4-2-1-3-5-17/h1-14,29H,15H2,(H,26,27). The zero-order chi connectivity index (χ0) is 20.9. The highest BCUT2D eigenvalue weighted by atomic mass is 19.1. The zero-order valence-electron chi connectivity index (χ0n) is 15.9. The van der Waals surface area contributed by atoms with Crippen LogP contribution in [-0.2, 0) is 0 Å². The Morgan fingerprint density at radius 1 is 0.900 bits per heavy atom. The van der Waals surface area contributed by atoms with E-state index in [1.807, 2.05) is 18.2 Å². The summed E-state index contributed by atoms with van der Waals surface area (Å²) in [6.45, 7) is 0.0552. The third kappa shape index (κ3) is 4.33. The minimum Gasteiger partial charge on any atom is -0.508 e. The van der Waals surface area contributed by atoms with Gasteiger partial charge in [-0.1, -0.05) is 30.3 Å². The van der Waals surface area contributed by atoms with E-state index in [-0.39, 0.29) is 23.9 Å². The normalized spacial score (nSPS) is 10.6. The number of nitrogens with zero attached hydrogens (tertiary/aromatic N) is 2. The van der Waals surface area contributed by atoms with E-state index in [4.69, 9.17) is 0 Å². The van der Waals surface area contributed by atoms with E-state index in [1.54, 1.807) is 54.7 Å². The molecule has 4 aromatic rings. The van der Waals surface area contributed by atoms with Gasteiger partial charge in [0.15, 0.2) is 11.6 Å². The molecule has 0 fully saturated rings. The summed E-state index contributed by atoms with van der Waals surface area (Å²) >= 11 is 0. The smallest absolute Gasteiger partial charge is 0.181 e. The molecule has 0 saturated heterocycles. The molecule has 3 aromatic carbocycles. The van der Waals surface area contributed by atoms with Crippen LogP contribution in [0.25, 0.3) is 22.5 Å². The van der Waals surface area contributed by atoms with Crippen LogP contribution < -0.4 is 5.32 Å². The average Bonchev–Trinajstić information content (AvgIpc) is 2.79. The van der Waals surface area contributed by atoms with Gasteiger partial charge in [-0.2, -0.15) is 0 Å². The summed E-state index contributed by atoms with van der Waals surface area (Å²) in [5.41, 5.74) is 3.14. The molecular weight excluding hydrogens is 381 g/mol. The van der Waals surface area contributed by atoms with E-state index in [0.29, 0.717) is 22.8 Å². The quantitative estimate of drug-likeness (QED) is 0.449. The van der Waals surface area contributed by atoms with Gasteiger partial charge < -0.3 is 10.4 Å². The van der Waals surface area contributed by atoms with Crippen LogP contribution in [-0.4, -0.2) is 27.4 Å². The van der Waals surface area contributed by atoms with Crippen LogP contribution >= 0.6 is 0 Å². The highest BCUT2D eigenvalue weighted by Gasteiger charge is 2.13. The van der Waals surface area contributed by atoms with E-state index < -0.39 is 0 Å². The Bertz CT molecular complexity index is 1160. The Balaban J connectivity index is 1.67. The minimum absolute atomic E-state index is 0.0552. The fourth-order valence-electron chi connectivity index (χ4n) is 2.99. The minimum atomic E-state index is -0.330. The van der Waals surface area contributed by atoms with Crippen molar-refractivity contribution >= 4 is 11.6 Å². The molecule has 0 spiro atoms. The van der Waals surface area contributed by atoms with Gasteiger partial charge in [-0.25, -0.2) is 14.4 Å². The predicted molar refractivity (Wildman–Crippen MR) is 114 cm³/mol. The number of Topliss-reactive ketones (excluding diaryl/α,β-unsaturated/α-hetero) is 1. The van der Waals surface area contributed by atoms with Gasteiger partial charge in [-0.15, -0.1) is 0 Å². The van der Waals surface area contributed by atoms with Gasteiger partial charge in [-0.3, -0.25) is 4.79 Å². The molecule has 6 heteroatoms. The molecule has 0 aliphatic rings. The van der Waals surface area contributed by atoms with Crippen LogP contribution in [0.2, 0.25) is 0 Å². The first-order valence-electron chi connectivity index (χ1n) is 9.34. The second-order valence-corrected chi connectivity index (χ2v) is 6.65. The number of phenols is 1. The Labute approximate surface area is 172 Å². The third-order valence-electron chi connectivity index (χ3n) is 4.57. The van der Waals surface area contributed by atoms with Crippen LogP contribution in [0.15, 0.2) is 85.1 Å². The number of nitrogens with one attached hydrogen (secondary N) is 1. The lowest BCUT2D eigenvalue weighted by Gasteiger charge is -2.12. The van der Waals surface area contributed by atoms with Crippen LogP contribution in [0.4, 0.5) is 10.2 Å². The number of carbonyl (C=O) groups is 1. The molecular formula is C24H18FN3O2. The zero-order valence-corrected chi connectivity index (χ0v) is 15.9. The van der Waals surface area contributed by atoms with Crippen molar-refractivity contribution < 1.29 is 14.3 Å². The van der Waals surface area contributed by atoms with Crippen LogP contribution in [0, 0.1) is 5.82 Å². The molecule has 4 rings (SSSR count). The van der Waals surface area contributed by atoms with Gasteiger partial charge in [0, 0.05) is 16.7 Å². The van der Waals surface area contributed by atoms with Crippen molar-refractivity contribution in [3.63, 3.8) is 0 Å². The van der Waals surface area contributed by atoms with E-state index in [1.165, 1.54) is 12.1 Å². The van der Waals surface area contributed by atoms with E-state index >= 15 is 0 Å². The molecule has 0 saturated carbocycles. The Hall–Kier alpha value is -4.06. The number of benzene rings is 3. The van der Waals surface area contributed by atoms with Crippen LogP contribution in [0.3, 0.4) is 0 Å². The van der Waals surface area contributed by atoms with Gasteiger partial charge >= 0.3 is 0 Å². The number of hydrogen-bond acceptors (Lipinski definition) is 5. The summed E-state index contributed by atoms with van der Waals surface area (Å²) in [6, 6.07) is 21.5. The molecule has 2 N–H and O–H groups in total. The first kappa shape index (κ1) is 19.3. The van der Waals surface area contributed by atoms with Crippen molar-refractivity contribution in [3.8, 4) is 28.3 Å². The Morgan fingerprint density at radius 3 is 2.27 bits per heavy atom. The molecule has 0 atom stereocenters. The van der Waals surface area contributed by atoms with Crippen molar-refractivity contribution in [2.45, 2.75) is 0 Å². The number of rotatable bonds is 6. The van der Waals surface area contributed by atoms with Crippen molar-refractivity contribution in [1.82, 2.24) is 9.97 Å². The van der Waals surface area contributed by atoms with E-state index in [0.717, 1.165) is 11.1 Å². The highest BCUT2D eigenvalue weighted by molar-refractivity contribution is 5.99. The summed E-state index contributed by atoms with van der Waals surface area (Å²) in [6.07, 6.45) is 1.58. The van der Waals surface area contributed by atoms with Gasteiger partial charge in [0.2, 0.25) is 0 Å². The molecule has 148 valence electrons. The molecule has 0 aliphatic heterocycles. The fraction of sp³-hybridized carbons (Fsp3) is 0.0417. The molecule has 0 bridgehead atoms. The Kier molecular flexibility index (Phi) is 5.48. The van der Waals surface area contributed by atoms with E-state index in [2.05, 4.69) is 15.3 Å². The topological polar surface area (TPSA) is 75.1 Å². The maximum absolute atomic E-state index is 13.3. The lowest BCUT2D eigenvalue weighted by atomic mass is 10.1. The molecule has 30 heavy (non-hydrogen) atoms. The fourth-order valence-corrected chi connectivity index (χ4v) is 2.99. The largest absolute Gasteiger partial charge is 0.508 e. The number of carbonyl (C=O) groups excluding carboxylic acids is 1. The third-order valence-corrected chi connectivity index (χ3v) is 4.57. The summed E-state index contributed by atoms with van der Waals surface area (Å²) < 4.78 is 13.3. The molecule has 1 aromatic heterocycles. The van der Waals surface area contributed by atoms with Gasteiger partial charge in [0.25, 0.3) is 0 Å². The summed E-state index contributed by atoms with van der Waals surface area (Å²) in [4.78, 5) is 21.6. The second kappa shape index (κ2) is 8.53. The van der Waals surface area contributed by atoms with Crippen molar-refractivity contribution in [2.75, 3.05) is 11.9 Å². The summed E-state index contributed by atoms with van der Waals surface area (Å²) in [7, 11) is 0. The number of halogens is 1. The first-order valence-corrected chi connectivity index (χ1v) is 9.34. The van der Waals surface area contributed by atoms with Crippen LogP contribution in [0.1, 0.15) is 10.4 Å². The maximum Gasteiger partial charge on any atom is 0.181 e. The number of phenolic OH excluding ortho intramolecular Hbond substituents is 1. The summed E-state index contributed by atoms with van der Waals surface area (Å²) in [5.74, 6) is 0.172. The lowest BCUT2D eigenvalue weighted by molar-refractivity contribution is 0.101. The predicted octanol–water partition coefficient (Wildman–Crippen LogP) is 4.95. The number of aromatic nitrogens is 2. The average molecular weight is 399 g/mol. The molecule has 0 unspecified atom stereocenters. The summed E-state index contributed by atoms with van der Waals surface area (Å²) in [5, 5.41) is 12.7. The number of aromatic hydroxyl groups is 1. The van der Waals surface area contributed by atoms with E-state index in [9.17, 15) is 14.3 Å².